The van der Waals surface area contributed by atoms with Crippen molar-refractivity contribution in [3.63, 3.8) is 0 Å². The summed E-state index contributed by atoms with van der Waals surface area (Å²) in [6.07, 6.45) is 3.02. The van der Waals surface area contributed by atoms with Gasteiger partial charge in [-0.05, 0) is 38.0 Å². The third kappa shape index (κ3) is 5.33. The number of carbonyl (C=O) groups is 2. The Hall–Kier alpha value is -3.95. The molecule has 2 aromatic heterocycles. The van der Waals surface area contributed by atoms with Gasteiger partial charge in [0.25, 0.3) is 11.8 Å². The van der Waals surface area contributed by atoms with Crippen molar-refractivity contribution >= 4 is 11.8 Å². The van der Waals surface area contributed by atoms with E-state index in [0.717, 1.165) is 0 Å². The number of rotatable bonds is 8. The lowest BCUT2D eigenvalue weighted by Gasteiger charge is -2.30. The van der Waals surface area contributed by atoms with Gasteiger partial charge in [0.1, 0.15) is 0 Å². The number of ether oxygens (including phenoxy) is 2. The summed E-state index contributed by atoms with van der Waals surface area (Å²) in [6, 6.07) is 10.6. The molecule has 10 nitrogen and oxygen atoms in total. The second kappa shape index (κ2) is 10.8. The van der Waals surface area contributed by atoms with E-state index in [2.05, 4.69) is 20.4 Å². The molecule has 3 aromatic rings. The highest BCUT2D eigenvalue weighted by Crippen LogP contribution is 2.31. The fourth-order valence-corrected chi connectivity index (χ4v) is 3.80. The Kier molecular flexibility index (Phi) is 7.36. The molecule has 0 radical (unpaired) electrons. The fraction of sp³-hybridized carbons (Fsp3) is 0.375. The number of nitrogens with one attached hydrogen (secondary N) is 1. The van der Waals surface area contributed by atoms with Crippen LogP contribution in [0.4, 0.5) is 0 Å². The van der Waals surface area contributed by atoms with Gasteiger partial charge in [-0.25, -0.2) is 4.98 Å². The number of likely N-dealkylation sites (tertiary alicyclic amines) is 1. The van der Waals surface area contributed by atoms with Gasteiger partial charge in [-0.3, -0.25) is 9.59 Å². The van der Waals surface area contributed by atoms with E-state index in [1.54, 1.807) is 48.5 Å². The lowest BCUT2D eigenvalue weighted by Crippen LogP contribution is -2.43. The molecule has 1 saturated heterocycles. The Bertz CT molecular complexity index is 1130. The molecule has 34 heavy (non-hydrogen) atoms. The number of pyridine rings is 1. The van der Waals surface area contributed by atoms with Gasteiger partial charge >= 0.3 is 0 Å². The van der Waals surface area contributed by atoms with Gasteiger partial charge in [0.15, 0.2) is 5.75 Å². The van der Waals surface area contributed by atoms with Gasteiger partial charge in [0, 0.05) is 36.3 Å². The molecule has 1 N–H and O–H groups in total. The minimum absolute atomic E-state index is 0.0321. The van der Waals surface area contributed by atoms with Gasteiger partial charge in [0.05, 0.1) is 20.3 Å². The quantitative estimate of drug-likeness (QED) is 0.539. The minimum Gasteiger partial charge on any atom is -0.491 e. The third-order valence-electron chi connectivity index (χ3n) is 5.65. The topological polar surface area (TPSA) is 120 Å². The molecule has 0 bridgehead atoms. The number of hydrogen-bond acceptors (Lipinski definition) is 8. The molecule has 1 fully saturated rings. The first-order valence-corrected chi connectivity index (χ1v) is 11.2. The van der Waals surface area contributed by atoms with Crippen LogP contribution in [0.15, 0.2) is 47.1 Å². The van der Waals surface area contributed by atoms with Crippen LogP contribution >= 0.6 is 0 Å². The van der Waals surface area contributed by atoms with Crippen molar-refractivity contribution in [2.24, 2.45) is 0 Å². The number of nitrogens with zero attached hydrogens (tertiary/aromatic N) is 4. The number of carbonyl (C=O) groups excluding carboxylic acids is 2. The maximum absolute atomic E-state index is 12.5. The van der Waals surface area contributed by atoms with Crippen molar-refractivity contribution in [3.8, 4) is 23.0 Å². The van der Waals surface area contributed by atoms with Crippen LogP contribution < -0.4 is 14.8 Å². The Morgan fingerprint density at radius 3 is 2.68 bits per heavy atom. The van der Waals surface area contributed by atoms with Crippen LogP contribution in [0.1, 0.15) is 41.9 Å². The smallest absolute Gasteiger partial charge is 0.256 e. The number of aromatic nitrogens is 3. The third-order valence-corrected chi connectivity index (χ3v) is 5.65. The Morgan fingerprint density at radius 1 is 1.21 bits per heavy atom. The lowest BCUT2D eigenvalue weighted by atomic mass is 9.96. The van der Waals surface area contributed by atoms with Crippen LogP contribution in [-0.4, -0.2) is 65.2 Å². The average molecular weight is 466 g/mol. The molecular formula is C24H27N5O5. The molecule has 0 unspecified atom stereocenters. The molecule has 0 atom stereocenters. The van der Waals surface area contributed by atoms with E-state index in [9.17, 15) is 9.59 Å². The van der Waals surface area contributed by atoms with E-state index in [-0.39, 0.29) is 24.3 Å². The summed E-state index contributed by atoms with van der Waals surface area (Å²) < 4.78 is 16.3. The summed E-state index contributed by atoms with van der Waals surface area (Å²) in [5.41, 5.74) is 1.19. The Balaban J connectivity index is 1.31. The Labute approximate surface area is 197 Å². The highest BCUT2D eigenvalue weighted by Gasteiger charge is 2.28. The first-order valence-electron chi connectivity index (χ1n) is 11.2. The summed E-state index contributed by atoms with van der Waals surface area (Å²) in [5, 5.41) is 6.78. The summed E-state index contributed by atoms with van der Waals surface area (Å²) in [5.74, 6) is 1.55. The second-order valence-corrected chi connectivity index (χ2v) is 7.82. The fourth-order valence-electron chi connectivity index (χ4n) is 3.80. The minimum atomic E-state index is -0.261. The molecule has 2 amide bonds. The normalized spacial score (nSPS) is 14.0. The largest absolute Gasteiger partial charge is 0.491 e. The number of hydrogen-bond donors (Lipinski definition) is 1. The van der Waals surface area contributed by atoms with Crippen molar-refractivity contribution in [1.82, 2.24) is 25.3 Å². The van der Waals surface area contributed by atoms with E-state index in [4.69, 9.17) is 14.0 Å². The van der Waals surface area contributed by atoms with Crippen LogP contribution in [0.25, 0.3) is 11.4 Å². The zero-order valence-corrected chi connectivity index (χ0v) is 19.2. The van der Waals surface area contributed by atoms with E-state index >= 15 is 0 Å². The zero-order chi connectivity index (χ0) is 23.9. The predicted octanol–water partition coefficient (Wildman–Crippen LogP) is 2.67. The summed E-state index contributed by atoms with van der Waals surface area (Å²) in [4.78, 5) is 35.2. The van der Waals surface area contributed by atoms with E-state index < -0.39 is 0 Å². The first-order chi connectivity index (χ1) is 16.6. The van der Waals surface area contributed by atoms with Gasteiger partial charge < -0.3 is 24.2 Å². The zero-order valence-electron chi connectivity index (χ0n) is 19.2. The molecular weight excluding hydrogens is 438 g/mol. The van der Waals surface area contributed by atoms with Crippen molar-refractivity contribution in [1.29, 1.82) is 0 Å². The molecule has 3 heterocycles. The maximum atomic E-state index is 12.5. The molecule has 0 spiro atoms. The molecule has 0 aliphatic carbocycles. The summed E-state index contributed by atoms with van der Waals surface area (Å²) in [6.45, 7) is 3.44. The summed E-state index contributed by atoms with van der Waals surface area (Å²) in [7, 11) is 1.55. The number of methoxy groups -OCH3 is 1. The van der Waals surface area contributed by atoms with Crippen LogP contribution in [0.5, 0.6) is 11.6 Å². The summed E-state index contributed by atoms with van der Waals surface area (Å²) >= 11 is 0. The molecule has 10 heteroatoms. The molecule has 1 aliphatic heterocycles. The average Bonchev–Trinajstić information content (AvgIpc) is 3.38. The molecule has 4 rings (SSSR count). The first kappa shape index (κ1) is 23.2. The van der Waals surface area contributed by atoms with Crippen LogP contribution in [-0.2, 0) is 4.79 Å². The molecule has 1 aliphatic rings. The van der Waals surface area contributed by atoms with Crippen LogP contribution in [0.2, 0.25) is 0 Å². The predicted molar refractivity (Wildman–Crippen MR) is 123 cm³/mol. The highest BCUT2D eigenvalue weighted by molar-refractivity contribution is 5.96. The van der Waals surface area contributed by atoms with E-state index in [1.807, 2.05) is 13.0 Å². The molecule has 0 saturated carbocycles. The van der Waals surface area contributed by atoms with Crippen molar-refractivity contribution in [2.75, 3.05) is 33.4 Å². The maximum Gasteiger partial charge on any atom is 0.256 e. The van der Waals surface area contributed by atoms with Crippen LogP contribution in [0, 0.1) is 0 Å². The lowest BCUT2D eigenvalue weighted by molar-refractivity contribution is -0.131. The van der Waals surface area contributed by atoms with Crippen molar-refractivity contribution in [3.05, 3.63) is 54.0 Å². The Morgan fingerprint density at radius 2 is 1.97 bits per heavy atom. The number of benzene rings is 1. The van der Waals surface area contributed by atoms with Crippen LogP contribution in [0.3, 0.4) is 0 Å². The molecule has 1 aromatic carbocycles. The van der Waals surface area contributed by atoms with Gasteiger partial charge in [-0.15, -0.1) is 0 Å². The van der Waals surface area contributed by atoms with Crippen molar-refractivity contribution in [2.45, 2.75) is 25.7 Å². The number of amides is 2. The second-order valence-electron chi connectivity index (χ2n) is 7.82. The van der Waals surface area contributed by atoms with E-state index in [1.165, 1.54) is 0 Å². The van der Waals surface area contributed by atoms with Gasteiger partial charge in [-0.1, -0.05) is 23.4 Å². The SMILES string of the molecule is CCOc1ncc(-c2noc(C3CCN(C(=O)CNC(=O)c4ccccc4)CC3)n2)cc1OC. The number of piperidine rings is 1. The highest BCUT2D eigenvalue weighted by atomic mass is 16.5. The molecule has 178 valence electrons. The van der Waals surface area contributed by atoms with Gasteiger partial charge in [0.2, 0.25) is 17.6 Å². The van der Waals surface area contributed by atoms with Crippen molar-refractivity contribution < 1.29 is 23.6 Å². The van der Waals surface area contributed by atoms with Gasteiger partial charge in [-0.2, -0.15) is 4.98 Å². The standard InChI is InChI=1S/C24H27N5O5/c1-3-33-24-19(32-2)13-18(14-26-24)21-27-23(34-28-21)17-9-11-29(12-10-17)20(30)15-25-22(31)16-7-5-4-6-8-16/h4-8,13-14,17H,3,9-12,15H2,1-2H3,(H,25,31). The monoisotopic (exact) mass is 465 g/mol. The van der Waals surface area contributed by atoms with E-state index in [0.29, 0.717) is 67.0 Å².